The molecule has 0 aliphatic heterocycles. The van der Waals surface area contributed by atoms with Crippen LogP contribution >= 0.6 is 11.6 Å². The van der Waals surface area contributed by atoms with E-state index in [4.69, 9.17) is 11.6 Å². The maximum atomic E-state index is 13.5. The minimum absolute atomic E-state index is 0.151. The van der Waals surface area contributed by atoms with Crippen LogP contribution in [0, 0.1) is 5.82 Å². The van der Waals surface area contributed by atoms with Gasteiger partial charge in [-0.1, -0.05) is 0 Å². The molecule has 0 N–H and O–H groups in total. The number of halogens is 4. The van der Waals surface area contributed by atoms with Crippen molar-refractivity contribution >= 4 is 17.6 Å². The van der Waals surface area contributed by atoms with Crippen molar-refractivity contribution in [2.45, 2.75) is 12.3 Å². The number of aromatic nitrogens is 1. The van der Waals surface area contributed by atoms with Gasteiger partial charge in [-0.2, -0.15) is 0 Å². The fourth-order valence-corrected chi connectivity index (χ4v) is 1.33. The Kier molecular flexibility index (Phi) is 4.12. The summed E-state index contributed by atoms with van der Waals surface area (Å²) in [7, 11) is 1.00. The van der Waals surface area contributed by atoms with Crippen molar-refractivity contribution in [2.24, 2.45) is 0 Å². The molecule has 88 valence electrons. The zero-order valence-electron chi connectivity index (χ0n) is 8.14. The van der Waals surface area contributed by atoms with Crippen LogP contribution in [-0.4, -0.2) is 18.1 Å². The molecule has 3 nitrogen and oxygen atoms in total. The molecule has 0 saturated carbocycles. The number of methoxy groups -OCH3 is 1. The molecule has 0 spiro atoms. The smallest absolute Gasteiger partial charge is 0.359 e. The Labute approximate surface area is 94.2 Å². The highest BCUT2D eigenvalue weighted by Crippen LogP contribution is 2.28. The first-order valence-electron chi connectivity index (χ1n) is 4.12. The third-order valence-corrected chi connectivity index (χ3v) is 2.17. The van der Waals surface area contributed by atoms with Crippen molar-refractivity contribution in [1.82, 2.24) is 4.98 Å². The first-order valence-corrected chi connectivity index (χ1v) is 4.66. The molecule has 0 atom stereocenters. The lowest BCUT2D eigenvalue weighted by atomic mass is 10.1. The summed E-state index contributed by atoms with van der Waals surface area (Å²) in [4.78, 5) is 14.4. The van der Waals surface area contributed by atoms with Crippen LogP contribution < -0.4 is 0 Å². The number of rotatable bonds is 3. The lowest BCUT2D eigenvalue weighted by molar-refractivity contribution is 0.0586. The van der Waals surface area contributed by atoms with E-state index in [2.05, 4.69) is 9.72 Å². The molecule has 0 bridgehead atoms. The Hall–Kier alpha value is -1.30. The first-order chi connectivity index (χ1) is 7.52. The lowest BCUT2D eigenvalue weighted by Gasteiger charge is -2.09. The molecule has 0 aliphatic carbocycles. The van der Waals surface area contributed by atoms with Crippen molar-refractivity contribution in [1.29, 1.82) is 0 Å². The molecule has 0 amide bonds. The highest BCUT2D eigenvalue weighted by atomic mass is 35.5. The topological polar surface area (TPSA) is 39.2 Å². The molecule has 0 saturated heterocycles. The second kappa shape index (κ2) is 5.16. The van der Waals surface area contributed by atoms with Crippen molar-refractivity contribution < 1.29 is 22.7 Å². The lowest BCUT2D eigenvalue weighted by Crippen LogP contribution is -2.11. The van der Waals surface area contributed by atoms with Gasteiger partial charge in [0.25, 0.3) is 6.43 Å². The maximum absolute atomic E-state index is 13.5. The number of ether oxygens (including phenoxy) is 1. The van der Waals surface area contributed by atoms with E-state index in [1.807, 2.05) is 0 Å². The molecular formula is C9H7ClF3NO2. The quantitative estimate of drug-likeness (QED) is 0.614. The van der Waals surface area contributed by atoms with E-state index in [9.17, 15) is 18.0 Å². The van der Waals surface area contributed by atoms with Gasteiger partial charge in [0.05, 0.1) is 12.7 Å². The van der Waals surface area contributed by atoms with Crippen molar-refractivity contribution in [2.75, 3.05) is 7.11 Å². The average Bonchev–Trinajstić information content (AvgIpc) is 2.26. The van der Waals surface area contributed by atoms with Crippen LogP contribution in [0.4, 0.5) is 13.2 Å². The van der Waals surface area contributed by atoms with Gasteiger partial charge in [-0.3, -0.25) is 0 Å². The summed E-state index contributed by atoms with van der Waals surface area (Å²) >= 11 is 5.36. The minimum Gasteiger partial charge on any atom is -0.464 e. The average molecular weight is 254 g/mol. The predicted octanol–water partition coefficient (Wildman–Crippen LogP) is 2.68. The van der Waals surface area contributed by atoms with Gasteiger partial charge in [-0.05, 0) is 5.56 Å². The Morgan fingerprint density at radius 1 is 1.62 bits per heavy atom. The summed E-state index contributed by atoms with van der Waals surface area (Å²) < 4.78 is 42.8. The Morgan fingerprint density at radius 3 is 2.69 bits per heavy atom. The fourth-order valence-electron chi connectivity index (χ4n) is 1.12. The number of esters is 1. The van der Waals surface area contributed by atoms with Crippen LogP contribution in [0.15, 0.2) is 6.20 Å². The van der Waals surface area contributed by atoms with Crippen LogP contribution in [0.5, 0.6) is 0 Å². The second-order valence-corrected chi connectivity index (χ2v) is 3.05. The highest BCUT2D eigenvalue weighted by Gasteiger charge is 2.25. The molecule has 0 radical (unpaired) electrons. The summed E-state index contributed by atoms with van der Waals surface area (Å²) in [6.45, 7) is 0. The fraction of sp³-hybridized carbons (Fsp3) is 0.333. The van der Waals surface area contributed by atoms with Crippen molar-refractivity contribution in [3.05, 3.63) is 28.8 Å². The minimum atomic E-state index is -3.07. The monoisotopic (exact) mass is 253 g/mol. The second-order valence-electron chi connectivity index (χ2n) is 2.79. The van der Waals surface area contributed by atoms with Gasteiger partial charge >= 0.3 is 5.97 Å². The van der Waals surface area contributed by atoms with Crippen LogP contribution in [0.3, 0.4) is 0 Å². The molecule has 0 unspecified atom stereocenters. The van der Waals surface area contributed by atoms with E-state index in [0.717, 1.165) is 13.3 Å². The number of nitrogens with zero attached hydrogens (tertiary/aromatic N) is 1. The van der Waals surface area contributed by atoms with Crippen LogP contribution in [0.1, 0.15) is 28.0 Å². The molecule has 1 heterocycles. The van der Waals surface area contributed by atoms with E-state index in [0.29, 0.717) is 0 Å². The van der Waals surface area contributed by atoms with Gasteiger partial charge in [0.2, 0.25) is 0 Å². The summed E-state index contributed by atoms with van der Waals surface area (Å²) in [6.07, 6.45) is -2.13. The van der Waals surface area contributed by atoms with Crippen LogP contribution in [0.2, 0.25) is 0 Å². The molecular weight excluding hydrogens is 247 g/mol. The van der Waals surface area contributed by atoms with E-state index in [-0.39, 0.29) is 11.4 Å². The Balaban J connectivity index is 3.37. The molecule has 0 aliphatic rings. The number of pyridine rings is 1. The number of alkyl halides is 3. The third kappa shape index (κ3) is 2.27. The van der Waals surface area contributed by atoms with Gasteiger partial charge in [0.15, 0.2) is 11.5 Å². The molecule has 0 fully saturated rings. The van der Waals surface area contributed by atoms with Gasteiger partial charge in [-0.25, -0.2) is 22.9 Å². The molecule has 0 aromatic carbocycles. The summed E-state index contributed by atoms with van der Waals surface area (Å²) in [5.41, 5.74) is -1.83. The number of carbonyl (C=O) groups excluding carboxylic acids is 1. The standard InChI is InChI=1S/C9H7ClF3NO2/c1-16-9(15)7-6(11)5(8(12)13)4(2-10)3-14-7/h3,8H,2H2,1H3. The van der Waals surface area contributed by atoms with E-state index in [1.54, 1.807) is 0 Å². The van der Waals surface area contributed by atoms with Gasteiger partial charge in [-0.15, -0.1) is 11.6 Å². The predicted molar refractivity (Wildman–Crippen MR) is 50.0 cm³/mol. The molecule has 7 heteroatoms. The Bertz CT molecular complexity index is 412. The largest absolute Gasteiger partial charge is 0.464 e. The Morgan fingerprint density at radius 2 is 2.25 bits per heavy atom. The van der Waals surface area contributed by atoms with Gasteiger partial charge in [0.1, 0.15) is 0 Å². The number of hydrogen-bond donors (Lipinski definition) is 0. The van der Waals surface area contributed by atoms with Gasteiger partial charge < -0.3 is 4.74 Å². The SMILES string of the molecule is COC(=O)c1ncc(CCl)c(C(F)F)c1F. The van der Waals surface area contributed by atoms with Crippen LogP contribution in [0.25, 0.3) is 0 Å². The number of carbonyl (C=O) groups is 1. The van der Waals surface area contributed by atoms with Crippen molar-refractivity contribution in [3.8, 4) is 0 Å². The zero-order valence-corrected chi connectivity index (χ0v) is 8.89. The maximum Gasteiger partial charge on any atom is 0.359 e. The summed E-state index contributed by atoms with van der Waals surface area (Å²) in [5, 5.41) is 0. The third-order valence-electron chi connectivity index (χ3n) is 1.88. The molecule has 1 rings (SSSR count). The molecule has 1 aromatic heterocycles. The summed E-state index contributed by atoms with van der Waals surface area (Å²) in [5.74, 6) is -2.81. The van der Waals surface area contributed by atoms with Gasteiger partial charge in [0, 0.05) is 12.1 Å². The highest BCUT2D eigenvalue weighted by molar-refractivity contribution is 6.17. The normalized spacial score (nSPS) is 10.6. The van der Waals surface area contributed by atoms with E-state index >= 15 is 0 Å². The van der Waals surface area contributed by atoms with E-state index in [1.165, 1.54) is 0 Å². The first kappa shape index (κ1) is 12.8. The van der Waals surface area contributed by atoms with E-state index < -0.39 is 29.5 Å². The zero-order chi connectivity index (χ0) is 12.3. The number of hydrogen-bond acceptors (Lipinski definition) is 3. The van der Waals surface area contributed by atoms with Crippen molar-refractivity contribution in [3.63, 3.8) is 0 Å². The molecule has 16 heavy (non-hydrogen) atoms. The molecule has 1 aromatic rings. The summed E-state index contributed by atoms with van der Waals surface area (Å²) in [6, 6.07) is 0. The van der Waals surface area contributed by atoms with Crippen LogP contribution in [-0.2, 0) is 10.6 Å².